The summed E-state index contributed by atoms with van der Waals surface area (Å²) in [6.07, 6.45) is 0. The van der Waals surface area contributed by atoms with Crippen molar-refractivity contribution in [3.8, 4) is 44.8 Å². The van der Waals surface area contributed by atoms with Gasteiger partial charge in [-0.25, -0.2) is 0 Å². The number of rotatable bonds is 8. The number of anilines is 3. The van der Waals surface area contributed by atoms with Crippen molar-refractivity contribution >= 4 is 93.4 Å². The van der Waals surface area contributed by atoms with E-state index in [1.807, 2.05) is 12.1 Å². The third-order valence-electron chi connectivity index (χ3n) is 15.1. The van der Waals surface area contributed by atoms with Crippen LogP contribution in [0.3, 0.4) is 0 Å². The van der Waals surface area contributed by atoms with E-state index >= 15 is 0 Å². The van der Waals surface area contributed by atoms with Gasteiger partial charge in [0.15, 0.2) is 0 Å². The fraction of sp³-hybridized carbons (Fsp3) is 0. The lowest BCUT2D eigenvalue weighted by atomic mass is 9.99. The summed E-state index contributed by atoms with van der Waals surface area (Å²) in [5.74, 6) is 0. The molecular formula is C70H45N3O. The van der Waals surface area contributed by atoms with Gasteiger partial charge in [-0.1, -0.05) is 158 Å². The molecule has 0 saturated heterocycles. The Bertz CT molecular complexity index is 4640. The normalized spacial score (nSPS) is 11.8. The highest BCUT2D eigenvalue weighted by atomic mass is 16.3. The van der Waals surface area contributed by atoms with Gasteiger partial charge in [0.05, 0.1) is 22.1 Å². The molecule has 12 aromatic carbocycles. The first-order valence-corrected chi connectivity index (χ1v) is 25.3. The van der Waals surface area contributed by atoms with Crippen LogP contribution in [0, 0.1) is 0 Å². The van der Waals surface area contributed by atoms with Crippen LogP contribution in [0.15, 0.2) is 277 Å². The van der Waals surface area contributed by atoms with E-state index in [-0.39, 0.29) is 0 Å². The van der Waals surface area contributed by atoms with Gasteiger partial charge in [-0.15, -0.1) is 0 Å². The Kier molecular flexibility index (Phi) is 9.54. The molecule has 0 amide bonds. The number of benzene rings is 12. The quantitative estimate of drug-likeness (QED) is 0.152. The maximum absolute atomic E-state index is 6.18. The Morgan fingerprint density at radius 2 is 0.676 bits per heavy atom. The molecule has 0 bridgehead atoms. The molecule has 346 valence electrons. The van der Waals surface area contributed by atoms with Crippen LogP contribution in [-0.2, 0) is 0 Å². The van der Waals surface area contributed by atoms with Crippen molar-refractivity contribution < 1.29 is 4.42 Å². The number of nitrogens with zero attached hydrogens (tertiary/aromatic N) is 3. The van der Waals surface area contributed by atoms with Gasteiger partial charge in [-0.05, 0) is 159 Å². The molecule has 15 aromatic rings. The fourth-order valence-corrected chi connectivity index (χ4v) is 11.5. The van der Waals surface area contributed by atoms with E-state index in [1.165, 1.54) is 71.1 Å². The predicted molar refractivity (Wildman–Crippen MR) is 311 cm³/mol. The lowest BCUT2D eigenvalue weighted by Crippen LogP contribution is -2.09. The first-order valence-electron chi connectivity index (χ1n) is 25.3. The molecular weight excluding hydrogens is 899 g/mol. The maximum atomic E-state index is 6.18. The van der Waals surface area contributed by atoms with E-state index in [0.29, 0.717) is 0 Å². The molecule has 4 nitrogen and oxygen atoms in total. The minimum atomic E-state index is 0.899. The third kappa shape index (κ3) is 6.84. The summed E-state index contributed by atoms with van der Waals surface area (Å²) in [5, 5.41) is 9.61. The van der Waals surface area contributed by atoms with E-state index in [4.69, 9.17) is 4.42 Å². The third-order valence-corrected chi connectivity index (χ3v) is 15.1. The van der Waals surface area contributed by atoms with E-state index in [2.05, 4.69) is 275 Å². The monoisotopic (exact) mass is 943 g/mol. The second-order valence-electron chi connectivity index (χ2n) is 19.3. The molecule has 0 spiro atoms. The molecule has 0 atom stereocenters. The smallest absolute Gasteiger partial charge is 0.135 e. The van der Waals surface area contributed by atoms with Crippen molar-refractivity contribution in [1.82, 2.24) is 9.13 Å². The maximum Gasteiger partial charge on any atom is 0.135 e. The van der Waals surface area contributed by atoms with Gasteiger partial charge in [-0.3, -0.25) is 0 Å². The summed E-state index contributed by atoms with van der Waals surface area (Å²) in [4.78, 5) is 2.38. The van der Waals surface area contributed by atoms with Gasteiger partial charge in [0.1, 0.15) is 11.2 Å². The van der Waals surface area contributed by atoms with Gasteiger partial charge < -0.3 is 18.5 Å². The van der Waals surface area contributed by atoms with Crippen LogP contribution >= 0.6 is 0 Å². The van der Waals surface area contributed by atoms with Crippen LogP contribution in [0.4, 0.5) is 17.1 Å². The summed E-state index contributed by atoms with van der Waals surface area (Å²) in [7, 11) is 0. The Morgan fingerprint density at radius 1 is 0.243 bits per heavy atom. The Morgan fingerprint density at radius 3 is 1.36 bits per heavy atom. The predicted octanol–water partition coefficient (Wildman–Crippen LogP) is 19.4. The van der Waals surface area contributed by atoms with Crippen LogP contribution in [0.5, 0.6) is 0 Å². The summed E-state index contributed by atoms with van der Waals surface area (Å²) in [6.45, 7) is 0. The first kappa shape index (κ1) is 41.8. The number of hydrogen-bond donors (Lipinski definition) is 0. The zero-order chi connectivity index (χ0) is 48.7. The molecule has 0 fully saturated rings. The van der Waals surface area contributed by atoms with E-state index < -0.39 is 0 Å². The molecule has 3 heterocycles. The van der Waals surface area contributed by atoms with E-state index in [0.717, 1.165) is 67.1 Å². The Labute approximate surface area is 427 Å². The summed E-state index contributed by atoms with van der Waals surface area (Å²) >= 11 is 0. The zero-order valence-corrected chi connectivity index (χ0v) is 40.2. The van der Waals surface area contributed by atoms with E-state index in [1.54, 1.807) is 0 Å². The van der Waals surface area contributed by atoms with Gasteiger partial charge >= 0.3 is 0 Å². The number of furan rings is 1. The van der Waals surface area contributed by atoms with Crippen LogP contribution in [0.25, 0.3) is 121 Å². The van der Waals surface area contributed by atoms with Gasteiger partial charge in [0.2, 0.25) is 0 Å². The van der Waals surface area contributed by atoms with Crippen molar-refractivity contribution in [2.75, 3.05) is 4.90 Å². The van der Waals surface area contributed by atoms with Crippen molar-refractivity contribution in [3.63, 3.8) is 0 Å². The highest BCUT2D eigenvalue weighted by Crippen LogP contribution is 2.42. The molecule has 0 aliphatic rings. The number of aromatic nitrogens is 2. The highest BCUT2D eigenvalue weighted by Gasteiger charge is 2.18. The fourth-order valence-electron chi connectivity index (χ4n) is 11.5. The largest absolute Gasteiger partial charge is 0.456 e. The summed E-state index contributed by atoms with van der Waals surface area (Å²) in [5.41, 5.74) is 19.2. The molecule has 15 rings (SSSR count). The minimum Gasteiger partial charge on any atom is -0.456 e. The summed E-state index contributed by atoms with van der Waals surface area (Å²) in [6, 6.07) is 99.1. The highest BCUT2D eigenvalue weighted by molar-refractivity contribution is 6.12. The van der Waals surface area contributed by atoms with Crippen molar-refractivity contribution in [3.05, 3.63) is 273 Å². The van der Waals surface area contributed by atoms with Crippen LogP contribution < -0.4 is 4.90 Å². The topological polar surface area (TPSA) is 26.2 Å². The minimum absolute atomic E-state index is 0.899. The molecule has 0 radical (unpaired) electrons. The standard InChI is InChI=1S/C70H45N3O/c1-3-13-54(14-4-1)72-66-21-11-8-18-60(66)63-43-51(31-39-67(63)72)46-25-33-56(34-26-46)71(57-35-27-47(28-36-57)52-32-40-70-64(44-52)62-19-9-12-22-69(62)74-70)58-37-29-49-41-48(23-24-50(49)42-58)53-30-38-61-59-17-7-10-20-65(59)73(68(61)45-53)55-15-5-2-6-16-55/h1-45H. The molecule has 4 heteroatoms. The van der Waals surface area contributed by atoms with Crippen molar-refractivity contribution in [2.24, 2.45) is 0 Å². The lowest BCUT2D eigenvalue weighted by Gasteiger charge is -2.26. The molecule has 3 aromatic heterocycles. The van der Waals surface area contributed by atoms with Crippen LogP contribution in [-0.4, -0.2) is 9.13 Å². The van der Waals surface area contributed by atoms with Crippen molar-refractivity contribution in [1.29, 1.82) is 0 Å². The molecule has 0 saturated carbocycles. The van der Waals surface area contributed by atoms with Gasteiger partial charge in [0, 0.05) is 60.8 Å². The Balaban J connectivity index is 0.814. The number of fused-ring (bicyclic) bond motifs is 10. The molecule has 0 N–H and O–H groups in total. The molecule has 0 aliphatic carbocycles. The molecule has 74 heavy (non-hydrogen) atoms. The number of para-hydroxylation sites is 5. The van der Waals surface area contributed by atoms with Crippen LogP contribution in [0.1, 0.15) is 0 Å². The molecule has 0 unspecified atom stereocenters. The second kappa shape index (κ2) is 16.9. The average Bonchev–Trinajstić information content (AvgIpc) is 4.13. The van der Waals surface area contributed by atoms with E-state index in [9.17, 15) is 0 Å². The van der Waals surface area contributed by atoms with Gasteiger partial charge in [-0.2, -0.15) is 0 Å². The second-order valence-corrected chi connectivity index (χ2v) is 19.3. The number of hydrogen-bond acceptors (Lipinski definition) is 2. The average molecular weight is 944 g/mol. The SMILES string of the molecule is c1ccc(-n2c3ccccc3c3cc(-c4ccc(N(c5ccc(-c6ccc7oc8ccccc8c7c6)cc5)c5ccc6cc(-c7ccc8c9ccccc9n(-c9ccccc9)c8c7)ccc6c5)cc4)ccc32)cc1. The summed E-state index contributed by atoms with van der Waals surface area (Å²) < 4.78 is 10.9. The zero-order valence-electron chi connectivity index (χ0n) is 40.2. The molecule has 0 aliphatic heterocycles. The Hall–Kier alpha value is -9.90. The lowest BCUT2D eigenvalue weighted by molar-refractivity contribution is 0.669. The van der Waals surface area contributed by atoms with Gasteiger partial charge in [0.25, 0.3) is 0 Å². The first-order chi connectivity index (χ1) is 36.7. The van der Waals surface area contributed by atoms with Crippen molar-refractivity contribution in [2.45, 2.75) is 0 Å². The van der Waals surface area contributed by atoms with Crippen LogP contribution in [0.2, 0.25) is 0 Å².